The van der Waals surface area contributed by atoms with Crippen LogP contribution in [0.15, 0.2) is 41.8 Å². The second kappa shape index (κ2) is 5.88. The molecule has 0 N–H and O–H groups in total. The molecule has 0 aliphatic carbocycles. The van der Waals surface area contributed by atoms with Crippen LogP contribution in [0.25, 0.3) is 0 Å². The van der Waals surface area contributed by atoms with E-state index in [9.17, 15) is 4.79 Å². The summed E-state index contributed by atoms with van der Waals surface area (Å²) in [5.41, 5.74) is 0.909. The van der Waals surface area contributed by atoms with Crippen molar-refractivity contribution < 1.29 is 4.79 Å². The maximum Gasteiger partial charge on any atom is 0.251 e. The smallest absolute Gasteiger partial charge is 0.251 e. The minimum atomic E-state index is -0.373. The van der Waals surface area contributed by atoms with E-state index in [0.29, 0.717) is 0 Å². The Morgan fingerprint density at radius 2 is 2.16 bits per heavy atom. The van der Waals surface area contributed by atoms with E-state index in [1.165, 1.54) is 6.33 Å². The fourth-order valence-electron chi connectivity index (χ4n) is 1.84. The largest absolute Gasteiger partial charge is 0.313 e. The van der Waals surface area contributed by atoms with Gasteiger partial charge in [0.05, 0.1) is 5.69 Å². The van der Waals surface area contributed by atoms with Gasteiger partial charge in [-0.05, 0) is 25.3 Å². The lowest BCUT2D eigenvalue weighted by atomic mass is 10.2. The van der Waals surface area contributed by atoms with E-state index in [1.807, 2.05) is 37.4 Å². The Hall–Kier alpha value is -1.82. The molecule has 0 unspecified atom stereocenters. The highest BCUT2D eigenvalue weighted by atomic mass is 32.2. The Kier molecular flexibility index (Phi) is 4.21. The maximum atomic E-state index is 12.4. The van der Waals surface area contributed by atoms with Gasteiger partial charge in [-0.3, -0.25) is 4.79 Å². The fourth-order valence-corrected chi connectivity index (χ4v) is 2.47. The second-order valence-corrected chi connectivity index (χ2v) is 4.97. The minimum Gasteiger partial charge on any atom is -0.313 e. The Bertz CT molecular complexity index is 556. The number of rotatable bonds is 4. The minimum absolute atomic E-state index is 0.0213. The first-order chi connectivity index (χ1) is 9.15. The molecule has 0 radical (unpaired) electrons. The number of likely N-dealkylation sites (N-methyl/N-ethyl adjacent to an activating group) is 1. The number of carbonyl (C=O) groups excluding carboxylic acids is 1. The Morgan fingerprint density at radius 1 is 1.42 bits per heavy atom. The van der Waals surface area contributed by atoms with Crippen LogP contribution in [0, 0.1) is 0 Å². The van der Waals surface area contributed by atoms with Crippen LogP contribution in [0.4, 0.5) is 5.69 Å². The predicted octanol–water partition coefficient (Wildman–Crippen LogP) is 2.22. The zero-order valence-corrected chi connectivity index (χ0v) is 12.0. The number of amides is 1. The average molecular weight is 276 g/mol. The number of nitrogens with zero attached hydrogens (tertiary/aromatic N) is 4. The number of hydrogen-bond acceptors (Lipinski definition) is 4. The van der Waals surface area contributed by atoms with E-state index in [-0.39, 0.29) is 11.9 Å². The van der Waals surface area contributed by atoms with Crippen LogP contribution >= 0.6 is 11.8 Å². The molecule has 1 aromatic carbocycles. The number of benzene rings is 1. The van der Waals surface area contributed by atoms with Gasteiger partial charge in [0.15, 0.2) is 0 Å². The molecule has 0 aliphatic rings. The van der Waals surface area contributed by atoms with Gasteiger partial charge in [-0.25, -0.2) is 9.67 Å². The maximum absolute atomic E-state index is 12.4. The van der Waals surface area contributed by atoms with Crippen molar-refractivity contribution in [3.8, 4) is 0 Å². The summed E-state index contributed by atoms with van der Waals surface area (Å²) in [5.74, 6) is -0.0213. The predicted molar refractivity (Wildman–Crippen MR) is 76.4 cm³/mol. The molecule has 0 bridgehead atoms. The third-order valence-corrected chi connectivity index (χ3v) is 3.75. The summed E-state index contributed by atoms with van der Waals surface area (Å²) in [6.45, 7) is 1.81. The number of carbonyl (C=O) groups is 1. The summed E-state index contributed by atoms with van der Waals surface area (Å²) >= 11 is 1.62. The van der Waals surface area contributed by atoms with Gasteiger partial charge in [-0.15, -0.1) is 11.8 Å². The van der Waals surface area contributed by atoms with Crippen molar-refractivity contribution in [1.82, 2.24) is 14.8 Å². The molecule has 1 aromatic heterocycles. The quantitative estimate of drug-likeness (QED) is 0.804. The molecule has 0 spiro atoms. The average Bonchev–Trinajstić information content (AvgIpc) is 2.99. The molecule has 2 aromatic rings. The van der Waals surface area contributed by atoms with Crippen molar-refractivity contribution in [3.05, 3.63) is 36.9 Å². The molecule has 19 heavy (non-hydrogen) atoms. The Labute approximate surface area is 116 Å². The molecular formula is C13H16N4OS. The van der Waals surface area contributed by atoms with Gasteiger partial charge in [0.1, 0.15) is 18.7 Å². The van der Waals surface area contributed by atoms with Gasteiger partial charge in [-0.2, -0.15) is 5.10 Å². The van der Waals surface area contributed by atoms with Gasteiger partial charge in [0.2, 0.25) is 0 Å². The highest BCUT2D eigenvalue weighted by molar-refractivity contribution is 7.98. The lowest BCUT2D eigenvalue weighted by Gasteiger charge is -2.23. The van der Waals surface area contributed by atoms with E-state index < -0.39 is 0 Å². The van der Waals surface area contributed by atoms with Crippen LogP contribution in [0.2, 0.25) is 0 Å². The van der Waals surface area contributed by atoms with E-state index in [0.717, 1.165) is 10.6 Å². The molecule has 1 heterocycles. The van der Waals surface area contributed by atoms with Crippen molar-refractivity contribution in [1.29, 1.82) is 0 Å². The lowest BCUT2D eigenvalue weighted by molar-refractivity contribution is -0.121. The number of hydrogen-bond donors (Lipinski definition) is 0. The van der Waals surface area contributed by atoms with Gasteiger partial charge in [0, 0.05) is 11.9 Å². The molecule has 0 saturated heterocycles. The van der Waals surface area contributed by atoms with Crippen molar-refractivity contribution in [2.45, 2.75) is 17.9 Å². The summed E-state index contributed by atoms with van der Waals surface area (Å²) in [5, 5.41) is 4.01. The van der Waals surface area contributed by atoms with Gasteiger partial charge in [0.25, 0.3) is 5.91 Å². The second-order valence-electron chi connectivity index (χ2n) is 4.12. The lowest BCUT2D eigenvalue weighted by Crippen LogP contribution is -2.33. The molecule has 1 amide bonds. The zero-order chi connectivity index (χ0) is 13.8. The first kappa shape index (κ1) is 13.6. The first-order valence-corrected chi connectivity index (χ1v) is 7.12. The van der Waals surface area contributed by atoms with Gasteiger partial charge >= 0.3 is 0 Å². The van der Waals surface area contributed by atoms with E-state index >= 15 is 0 Å². The monoisotopic (exact) mass is 276 g/mol. The number of para-hydroxylation sites is 1. The van der Waals surface area contributed by atoms with Crippen LogP contribution in [0.5, 0.6) is 0 Å². The third kappa shape index (κ3) is 2.78. The van der Waals surface area contributed by atoms with E-state index in [4.69, 9.17) is 0 Å². The molecule has 1 atom stereocenters. The molecule has 6 heteroatoms. The Morgan fingerprint density at radius 3 is 2.79 bits per heavy atom. The summed E-state index contributed by atoms with van der Waals surface area (Å²) in [6.07, 6.45) is 4.98. The van der Waals surface area contributed by atoms with Crippen LogP contribution in [0.3, 0.4) is 0 Å². The van der Waals surface area contributed by atoms with E-state index in [2.05, 4.69) is 10.1 Å². The normalized spacial score (nSPS) is 12.2. The SMILES string of the molecule is CSc1ccccc1N(C)C(=O)[C@H](C)n1cncn1. The molecular weight excluding hydrogens is 260 g/mol. The van der Waals surface area contributed by atoms with Crippen molar-refractivity contribution >= 4 is 23.4 Å². The van der Waals surface area contributed by atoms with Crippen LogP contribution in [-0.4, -0.2) is 34.0 Å². The summed E-state index contributed by atoms with van der Waals surface area (Å²) in [6, 6.07) is 7.47. The van der Waals surface area contributed by atoms with Gasteiger partial charge in [-0.1, -0.05) is 12.1 Å². The van der Waals surface area contributed by atoms with Crippen LogP contribution in [-0.2, 0) is 4.79 Å². The van der Waals surface area contributed by atoms with Crippen molar-refractivity contribution in [2.24, 2.45) is 0 Å². The first-order valence-electron chi connectivity index (χ1n) is 5.90. The molecule has 0 fully saturated rings. The molecule has 0 saturated carbocycles. The van der Waals surface area contributed by atoms with E-state index in [1.54, 1.807) is 34.7 Å². The summed E-state index contributed by atoms with van der Waals surface area (Å²) < 4.78 is 1.56. The zero-order valence-electron chi connectivity index (χ0n) is 11.1. The molecule has 100 valence electrons. The fraction of sp³-hybridized carbons (Fsp3) is 0.308. The van der Waals surface area contributed by atoms with Crippen molar-refractivity contribution in [2.75, 3.05) is 18.2 Å². The molecule has 2 rings (SSSR count). The highest BCUT2D eigenvalue weighted by Crippen LogP contribution is 2.28. The standard InChI is InChI=1S/C13H16N4OS/c1-10(17-9-14-8-15-17)13(18)16(2)11-6-4-5-7-12(11)19-3/h4-10H,1-3H3/t10-/m0/s1. The number of thioether (sulfide) groups is 1. The number of aromatic nitrogens is 3. The summed E-state index contributed by atoms with van der Waals surface area (Å²) in [4.78, 5) is 19.0. The highest BCUT2D eigenvalue weighted by Gasteiger charge is 2.22. The number of anilines is 1. The third-order valence-electron chi connectivity index (χ3n) is 2.97. The molecule has 5 nitrogen and oxygen atoms in total. The topological polar surface area (TPSA) is 51.0 Å². The molecule has 0 aliphatic heterocycles. The van der Waals surface area contributed by atoms with Crippen LogP contribution in [0.1, 0.15) is 13.0 Å². The van der Waals surface area contributed by atoms with Crippen molar-refractivity contribution in [3.63, 3.8) is 0 Å². The van der Waals surface area contributed by atoms with Crippen LogP contribution < -0.4 is 4.90 Å². The van der Waals surface area contributed by atoms with Gasteiger partial charge < -0.3 is 4.90 Å². The Balaban J connectivity index is 2.24. The summed E-state index contributed by atoms with van der Waals surface area (Å²) in [7, 11) is 1.78.